The van der Waals surface area contributed by atoms with E-state index in [2.05, 4.69) is 5.32 Å². The van der Waals surface area contributed by atoms with Crippen LogP contribution in [0.15, 0.2) is 91.0 Å². The summed E-state index contributed by atoms with van der Waals surface area (Å²) in [6.07, 6.45) is 0. The Kier molecular flexibility index (Phi) is 6.69. The first-order chi connectivity index (χ1) is 19.5. The topological polar surface area (TPSA) is 105 Å². The molecule has 0 spiro atoms. The Hall–Kier alpha value is -4.69. The van der Waals surface area contributed by atoms with Gasteiger partial charge in [0, 0.05) is 11.6 Å². The van der Waals surface area contributed by atoms with Gasteiger partial charge in [-0.1, -0.05) is 84.9 Å². The fraction of sp³-hybridized carbons (Fsp3) is 0.219. The summed E-state index contributed by atoms with van der Waals surface area (Å²) in [4.78, 5) is 41.2. The van der Waals surface area contributed by atoms with Crippen LogP contribution in [0, 0.1) is 11.8 Å². The van der Waals surface area contributed by atoms with E-state index in [9.17, 15) is 19.5 Å². The zero-order valence-electron chi connectivity index (χ0n) is 21.8. The van der Waals surface area contributed by atoms with Gasteiger partial charge in [0.1, 0.15) is 12.6 Å². The van der Waals surface area contributed by atoms with E-state index in [1.54, 1.807) is 18.2 Å². The number of nitrogens with zero attached hydrogens (tertiary/aromatic N) is 1. The summed E-state index contributed by atoms with van der Waals surface area (Å²) in [5.41, 5.74) is 2.33. The number of hydrogen-bond acceptors (Lipinski definition) is 6. The van der Waals surface area contributed by atoms with Crippen molar-refractivity contribution in [3.8, 4) is 11.5 Å². The Morgan fingerprint density at radius 1 is 0.875 bits per heavy atom. The zero-order chi connectivity index (χ0) is 27.8. The largest absolute Gasteiger partial charge is 0.493 e. The third-order valence-corrected chi connectivity index (χ3v) is 7.83. The summed E-state index contributed by atoms with van der Waals surface area (Å²) in [5.74, 6) is -3.16. The Morgan fingerprint density at radius 2 is 1.57 bits per heavy atom. The highest BCUT2D eigenvalue weighted by Crippen LogP contribution is 2.48. The normalized spacial score (nSPS) is 22.0. The third kappa shape index (κ3) is 4.36. The molecule has 202 valence electrons. The van der Waals surface area contributed by atoms with E-state index < -0.39 is 41.7 Å². The highest BCUT2D eigenvalue weighted by Gasteiger charge is 2.61. The number of rotatable bonds is 8. The van der Waals surface area contributed by atoms with Crippen LogP contribution in [0.2, 0.25) is 0 Å². The second-order valence-corrected chi connectivity index (χ2v) is 10.1. The van der Waals surface area contributed by atoms with Crippen LogP contribution >= 0.6 is 0 Å². The van der Waals surface area contributed by atoms with Gasteiger partial charge in [0.05, 0.1) is 25.5 Å². The van der Waals surface area contributed by atoms with Gasteiger partial charge >= 0.3 is 5.97 Å². The number of fused-ring (bicyclic) bond motifs is 2. The second-order valence-electron chi connectivity index (χ2n) is 10.1. The minimum atomic E-state index is -1.22. The minimum absolute atomic E-state index is 0.0700. The first-order valence-corrected chi connectivity index (χ1v) is 13.1. The van der Waals surface area contributed by atoms with Crippen molar-refractivity contribution in [2.24, 2.45) is 11.8 Å². The lowest BCUT2D eigenvalue weighted by Crippen LogP contribution is -2.42. The standard InChI is InChI=1S/C32H28N2O6/c1-39-24-16-8-15-23(29(24)40-18-19-9-3-2-4-10-19)27-25-26(28(33-27)32(37)38)31(36)34(30(25)35)17-21-13-7-12-20-11-5-6-14-22(20)21/h2-16,25-28,33H,17-18H2,1H3,(H,37,38). The number of benzene rings is 4. The van der Waals surface area contributed by atoms with Gasteiger partial charge in [-0.25, -0.2) is 0 Å². The lowest BCUT2D eigenvalue weighted by molar-refractivity contribution is -0.146. The predicted molar refractivity (Wildman–Crippen MR) is 148 cm³/mol. The molecule has 0 aromatic heterocycles. The van der Waals surface area contributed by atoms with Crippen LogP contribution in [0.25, 0.3) is 10.8 Å². The quantitative estimate of drug-likeness (QED) is 0.323. The van der Waals surface area contributed by atoms with Gasteiger partial charge in [-0.2, -0.15) is 0 Å². The predicted octanol–water partition coefficient (Wildman–Crippen LogP) is 4.33. The molecule has 2 fully saturated rings. The molecule has 6 rings (SSSR count). The average Bonchev–Trinajstić information content (AvgIpc) is 3.49. The Bertz CT molecular complexity index is 1600. The number of likely N-dealkylation sites (tertiary alicyclic amines) is 1. The summed E-state index contributed by atoms with van der Waals surface area (Å²) in [6, 6.07) is 26.4. The number of nitrogens with one attached hydrogen (secondary N) is 1. The number of ether oxygens (including phenoxy) is 2. The van der Waals surface area contributed by atoms with Gasteiger partial charge in [-0.05, 0) is 28.0 Å². The highest BCUT2D eigenvalue weighted by molar-refractivity contribution is 6.08. The zero-order valence-corrected chi connectivity index (χ0v) is 21.8. The lowest BCUT2D eigenvalue weighted by Gasteiger charge is -2.24. The number of imide groups is 1. The van der Waals surface area contributed by atoms with Crippen LogP contribution in [0.5, 0.6) is 11.5 Å². The van der Waals surface area contributed by atoms with Crippen molar-refractivity contribution in [1.29, 1.82) is 0 Å². The molecule has 2 aliphatic heterocycles. The van der Waals surface area contributed by atoms with Crippen LogP contribution < -0.4 is 14.8 Å². The molecule has 2 heterocycles. The van der Waals surface area contributed by atoms with Gasteiger partial charge < -0.3 is 14.6 Å². The number of para-hydroxylation sites is 1. The fourth-order valence-corrected chi connectivity index (χ4v) is 5.96. The number of carboxylic acids is 1. The Balaban J connectivity index is 1.36. The maximum absolute atomic E-state index is 13.9. The van der Waals surface area contributed by atoms with Crippen molar-refractivity contribution in [3.63, 3.8) is 0 Å². The number of carbonyl (C=O) groups is 3. The van der Waals surface area contributed by atoms with Crippen molar-refractivity contribution in [2.45, 2.75) is 25.2 Å². The molecular weight excluding hydrogens is 508 g/mol. The molecule has 0 radical (unpaired) electrons. The number of amides is 2. The Morgan fingerprint density at radius 3 is 2.35 bits per heavy atom. The van der Waals surface area contributed by atoms with E-state index in [4.69, 9.17) is 9.47 Å². The van der Waals surface area contributed by atoms with Crippen LogP contribution in [-0.2, 0) is 27.5 Å². The van der Waals surface area contributed by atoms with Crippen LogP contribution in [0.4, 0.5) is 0 Å². The molecular formula is C32H28N2O6. The summed E-state index contributed by atoms with van der Waals surface area (Å²) >= 11 is 0. The smallest absolute Gasteiger partial charge is 0.321 e. The van der Waals surface area contributed by atoms with Gasteiger partial charge in [0.25, 0.3) is 0 Å². The van der Waals surface area contributed by atoms with E-state index in [1.165, 1.54) is 12.0 Å². The van der Waals surface area contributed by atoms with E-state index in [-0.39, 0.29) is 13.2 Å². The molecule has 4 aromatic rings. The summed E-state index contributed by atoms with van der Waals surface area (Å²) in [5, 5.41) is 15.1. The van der Waals surface area contributed by atoms with E-state index in [1.807, 2.05) is 72.8 Å². The molecule has 4 aromatic carbocycles. The molecule has 8 nitrogen and oxygen atoms in total. The third-order valence-electron chi connectivity index (χ3n) is 7.83. The van der Waals surface area contributed by atoms with Crippen molar-refractivity contribution in [1.82, 2.24) is 10.2 Å². The van der Waals surface area contributed by atoms with Crippen molar-refractivity contribution in [2.75, 3.05) is 7.11 Å². The lowest BCUT2D eigenvalue weighted by atomic mass is 9.86. The van der Waals surface area contributed by atoms with Gasteiger partial charge in [0.15, 0.2) is 11.5 Å². The van der Waals surface area contributed by atoms with Crippen LogP contribution in [0.3, 0.4) is 0 Å². The first kappa shape index (κ1) is 25.6. The molecule has 40 heavy (non-hydrogen) atoms. The maximum atomic E-state index is 13.9. The fourth-order valence-electron chi connectivity index (χ4n) is 5.96. The SMILES string of the molecule is COc1cccc(C2NC(C(=O)O)C3C(=O)N(Cc4cccc5ccccc45)C(=O)C23)c1OCc1ccccc1. The van der Waals surface area contributed by atoms with E-state index in [0.717, 1.165) is 21.9 Å². The molecule has 4 atom stereocenters. The number of aliphatic carboxylic acids is 1. The summed E-state index contributed by atoms with van der Waals surface area (Å²) in [7, 11) is 1.52. The van der Waals surface area contributed by atoms with Crippen LogP contribution in [0.1, 0.15) is 22.7 Å². The summed E-state index contributed by atoms with van der Waals surface area (Å²) in [6.45, 7) is 0.317. The number of carboxylic acid groups (broad SMARTS) is 1. The molecule has 0 saturated carbocycles. The molecule has 2 saturated heterocycles. The van der Waals surface area contributed by atoms with E-state index in [0.29, 0.717) is 17.1 Å². The molecule has 0 aliphatic carbocycles. The van der Waals surface area contributed by atoms with Gasteiger partial charge in [-0.3, -0.25) is 24.6 Å². The molecule has 2 aliphatic rings. The summed E-state index contributed by atoms with van der Waals surface area (Å²) < 4.78 is 11.8. The molecule has 0 bridgehead atoms. The number of hydrogen-bond donors (Lipinski definition) is 2. The van der Waals surface area contributed by atoms with Crippen LogP contribution in [-0.4, -0.2) is 40.9 Å². The van der Waals surface area contributed by atoms with Gasteiger partial charge in [0.2, 0.25) is 11.8 Å². The molecule has 2 amide bonds. The molecule has 4 unspecified atom stereocenters. The van der Waals surface area contributed by atoms with Crippen molar-refractivity contribution >= 4 is 28.6 Å². The second kappa shape index (κ2) is 10.5. The molecule has 8 heteroatoms. The van der Waals surface area contributed by atoms with Gasteiger partial charge in [-0.15, -0.1) is 0 Å². The monoisotopic (exact) mass is 536 g/mol. The Labute approximate surface area is 231 Å². The molecule has 2 N–H and O–H groups in total. The minimum Gasteiger partial charge on any atom is -0.493 e. The van der Waals surface area contributed by atoms with Crippen molar-refractivity contribution < 1.29 is 29.0 Å². The first-order valence-electron chi connectivity index (χ1n) is 13.1. The highest BCUT2D eigenvalue weighted by atomic mass is 16.5. The number of carbonyl (C=O) groups excluding carboxylic acids is 2. The van der Waals surface area contributed by atoms with E-state index >= 15 is 0 Å². The number of methoxy groups -OCH3 is 1. The maximum Gasteiger partial charge on any atom is 0.321 e. The average molecular weight is 537 g/mol. The van der Waals surface area contributed by atoms with Crippen molar-refractivity contribution in [3.05, 3.63) is 108 Å².